The van der Waals surface area contributed by atoms with Gasteiger partial charge in [0.05, 0.1) is 17.4 Å². The van der Waals surface area contributed by atoms with E-state index in [1.54, 1.807) is 0 Å². The van der Waals surface area contributed by atoms with Gasteiger partial charge in [0.15, 0.2) is 0 Å². The van der Waals surface area contributed by atoms with Crippen molar-refractivity contribution in [2.75, 3.05) is 18.0 Å². The number of amides is 1. The molecule has 1 saturated heterocycles. The molecule has 2 N–H and O–H groups in total. The largest absolute Gasteiger partial charge is 0.417 e. The number of aromatic nitrogens is 1. The zero-order chi connectivity index (χ0) is 16.0. The van der Waals surface area contributed by atoms with E-state index in [2.05, 4.69) is 4.98 Å². The second kappa shape index (κ2) is 5.14. The van der Waals surface area contributed by atoms with Crippen LogP contribution in [-0.4, -0.2) is 24.0 Å². The van der Waals surface area contributed by atoms with Crippen molar-refractivity contribution in [1.29, 1.82) is 0 Å². The summed E-state index contributed by atoms with van der Waals surface area (Å²) in [5, 5.41) is 0. The molecular formula is C15H18F3N3O. The average Bonchev–Trinajstić information content (AvgIpc) is 3.03. The zero-order valence-electron chi connectivity index (χ0n) is 12.1. The second-order valence-electron chi connectivity index (χ2n) is 6.37. The summed E-state index contributed by atoms with van der Waals surface area (Å²) in [5.74, 6) is 0.0197. The molecule has 1 aromatic heterocycles. The Labute approximate surface area is 126 Å². The SMILES string of the molecule is NC(=O)CC1([C@H]2CCN(c3cncc(C(F)(F)F)c3)C2)CC1. The highest BCUT2D eigenvalue weighted by Crippen LogP contribution is 2.57. The van der Waals surface area contributed by atoms with E-state index < -0.39 is 11.7 Å². The number of anilines is 1. The lowest BCUT2D eigenvalue weighted by Gasteiger charge is -2.23. The summed E-state index contributed by atoms with van der Waals surface area (Å²) in [6.45, 7) is 1.35. The van der Waals surface area contributed by atoms with Crippen molar-refractivity contribution in [3.05, 3.63) is 24.0 Å². The van der Waals surface area contributed by atoms with Crippen molar-refractivity contribution in [2.24, 2.45) is 17.1 Å². The average molecular weight is 313 g/mol. The van der Waals surface area contributed by atoms with Gasteiger partial charge in [-0.05, 0) is 36.7 Å². The van der Waals surface area contributed by atoms with Gasteiger partial charge in [-0.2, -0.15) is 13.2 Å². The van der Waals surface area contributed by atoms with Gasteiger partial charge in [0, 0.05) is 25.7 Å². The first-order valence-electron chi connectivity index (χ1n) is 7.36. The smallest absolute Gasteiger partial charge is 0.370 e. The van der Waals surface area contributed by atoms with Crippen LogP contribution in [0.3, 0.4) is 0 Å². The summed E-state index contributed by atoms with van der Waals surface area (Å²) < 4.78 is 38.3. The number of halogens is 3. The lowest BCUT2D eigenvalue weighted by atomic mass is 9.85. The summed E-state index contributed by atoms with van der Waals surface area (Å²) in [6, 6.07) is 1.14. The van der Waals surface area contributed by atoms with E-state index in [9.17, 15) is 18.0 Å². The van der Waals surface area contributed by atoms with Crippen molar-refractivity contribution in [3.63, 3.8) is 0 Å². The zero-order valence-corrected chi connectivity index (χ0v) is 12.1. The van der Waals surface area contributed by atoms with Crippen LogP contribution in [0.15, 0.2) is 18.5 Å². The van der Waals surface area contributed by atoms with Gasteiger partial charge in [-0.1, -0.05) is 0 Å². The standard InChI is InChI=1S/C15H18F3N3O/c16-15(17,18)11-5-12(8-20-7-11)21-4-1-10(9-21)14(2-3-14)6-13(19)22/h5,7-8,10H,1-4,6,9H2,(H2,19,22)/t10-/m0/s1. The Morgan fingerprint density at radius 1 is 1.41 bits per heavy atom. The molecule has 1 amide bonds. The molecule has 0 radical (unpaired) electrons. The fourth-order valence-electron chi connectivity index (χ4n) is 3.49. The number of carbonyl (C=O) groups is 1. The molecule has 7 heteroatoms. The Balaban J connectivity index is 1.72. The minimum atomic E-state index is -4.38. The Morgan fingerprint density at radius 3 is 2.73 bits per heavy atom. The van der Waals surface area contributed by atoms with Crippen molar-refractivity contribution >= 4 is 11.6 Å². The molecule has 2 fully saturated rings. The van der Waals surface area contributed by atoms with Gasteiger partial charge in [-0.25, -0.2) is 0 Å². The van der Waals surface area contributed by atoms with Crippen molar-refractivity contribution in [3.8, 4) is 0 Å². The molecule has 1 atom stereocenters. The van der Waals surface area contributed by atoms with Gasteiger partial charge in [-0.3, -0.25) is 9.78 Å². The van der Waals surface area contributed by atoms with Crippen LogP contribution in [0.4, 0.5) is 18.9 Å². The molecule has 22 heavy (non-hydrogen) atoms. The number of hydrogen-bond acceptors (Lipinski definition) is 3. The Kier molecular flexibility index (Phi) is 3.53. The Hall–Kier alpha value is -1.79. The van der Waals surface area contributed by atoms with Gasteiger partial charge < -0.3 is 10.6 Å². The van der Waals surface area contributed by atoms with E-state index in [1.165, 1.54) is 6.20 Å². The molecule has 1 aliphatic carbocycles. The molecule has 2 aliphatic rings. The molecule has 1 aliphatic heterocycles. The number of nitrogens with zero attached hydrogens (tertiary/aromatic N) is 2. The molecule has 0 aromatic carbocycles. The summed E-state index contributed by atoms with van der Waals surface area (Å²) in [5.41, 5.74) is 5.06. The highest BCUT2D eigenvalue weighted by molar-refractivity contribution is 5.75. The minimum absolute atomic E-state index is 0.0182. The summed E-state index contributed by atoms with van der Waals surface area (Å²) in [4.78, 5) is 16.8. The number of alkyl halides is 3. The van der Waals surface area contributed by atoms with E-state index in [0.717, 1.165) is 31.5 Å². The second-order valence-corrected chi connectivity index (χ2v) is 6.37. The van der Waals surface area contributed by atoms with Crippen LogP contribution in [-0.2, 0) is 11.0 Å². The first kappa shape index (κ1) is 15.1. The van der Waals surface area contributed by atoms with Crippen LogP contribution >= 0.6 is 0 Å². The number of carbonyl (C=O) groups excluding carboxylic acids is 1. The van der Waals surface area contributed by atoms with Crippen LogP contribution < -0.4 is 10.6 Å². The maximum atomic E-state index is 12.8. The number of nitrogens with two attached hydrogens (primary N) is 1. The Morgan fingerprint density at radius 2 is 2.14 bits per heavy atom. The molecule has 1 aromatic rings. The van der Waals surface area contributed by atoms with Gasteiger partial charge in [0.25, 0.3) is 0 Å². The molecule has 2 heterocycles. The van der Waals surface area contributed by atoms with E-state index in [1.807, 2.05) is 4.90 Å². The molecule has 4 nitrogen and oxygen atoms in total. The highest BCUT2D eigenvalue weighted by Gasteiger charge is 2.51. The van der Waals surface area contributed by atoms with Gasteiger partial charge in [0.2, 0.25) is 5.91 Å². The fraction of sp³-hybridized carbons (Fsp3) is 0.600. The molecule has 120 valence electrons. The number of primary amides is 1. The lowest BCUT2D eigenvalue weighted by molar-refractivity contribution is -0.137. The predicted molar refractivity (Wildman–Crippen MR) is 75.0 cm³/mol. The lowest BCUT2D eigenvalue weighted by Crippen LogP contribution is -2.27. The first-order valence-corrected chi connectivity index (χ1v) is 7.36. The van der Waals surface area contributed by atoms with Crippen molar-refractivity contribution in [2.45, 2.75) is 31.9 Å². The molecule has 3 rings (SSSR count). The summed E-state index contributed by atoms with van der Waals surface area (Å²) in [6.07, 6.45) is 1.14. The monoisotopic (exact) mass is 313 g/mol. The van der Waals surface area contributed by atoms with Crippen LogP contribution in [0.1, 0.15) is 31.2 Å². The third-order valence-corrected chi connectivity index (χ3v) is 4.89. The summed E-state index contributed by atoms with van der Waals surface area (Å²) in [7, 11) is 0. The molecule has 0 spiro atoms. The highest BCUT2D eigenvalue weighted by atomic mass is 19.4. The fourth-order valence-corrected chi connectivity index (χ4v) is 3.49. The van der Waals surface area contributed by atoms with Crippen LogP contribution in [0.25, 0.3) is 0 Å². The Bertz CT molecular complexity index is 584. The van der Waals surface area contributed by atoms with E-state index in [-0.39, 0.29) is 11.3 Å². The van der Waals surface area contributed by atoms with E-state index >= 15 is 0 Å². The molecule has 0 bridgehead atoms. The van der Waals surface area contributed by atoms with Crippen LogP contribution in [0.5, 0.6) is 0 Å². The van der Waals surface area contributed by atoms with Crippen LogP contribution in [0, 0.1) is 11.3 Å². The topological polar surface area (TPSA) is 59.2 Å². The van der Waals surface area contributed by atoms with Gasteiger partial charge >= 0.3 is 6.18 Å². The number of hydrogen-bond donors (Lipinski definition) is 1. The first-order chi connectivity index (χ1) is 10.3. The quantitative estimate of drug-likeness (QED) is 0.929. The van der Waals surface area contributed by atoms with Gasteiger partial charge in [0.1, 0.15) is 0 Å². The normalized spacial score (nSPS) is 23.6. The number of pyridine rings is 1. The van der Waals surface area contributed by atoms with Crippen LogP contribution in [0.2, 0.25) is 0 Å². The van der Waals surface area contributed by atoms with Gasteiger partial charge in [-0.15, -0.1) is 0 Å². The molecule has 1 saturated carbocycles. The minimum Gasteiger partial charge on any atom is -0.370 e. The van der Waals surface area contributed by atoms with Crippen molar-refractivity contribution in [1.82, 2.24) is 4.98 Å². The van der Waals surface area contributed by atoms with E-state index in [0.29, 0.717) is 31.1 Å². The maximum absolute atomic E-state index is 12.8. The maximum Gasteiger partial charge on any atom is 0.417 e. The number of rotatable bonds is 4. The summed E-state index contributed by atoms with van der Waals surface area (Å²) >= 11 is 0. The van der Waals surface area contributed by atoms with Crippen molar-refractivity contribution < 1.29 is 18.0 Å². The molecule has 0 unspecified atom stereocenters. The molecular weight excluding hydrogens is 295 g/mol. The third-order valence-electron chi connectivity index (χ3n) is 4.89. The third kappa shape index (κ3) is 2.89. The van der Waals surface area contributed by atoms with E-state index in [4.69, 9.17) is 5.73 Å². The predicted octanol–water partition coefficient (Wildman–Crippen LogP) is 2.58.